The van der Waals surface area contributed by atoms with Gasteiger partial charge >= 0.3 is 0 Å². The predicted molar refractivity (Wildman–Crippen MR) is 54.3 cm³/mol. The van der Waals surface area contributed by atoms with E-state index in [4.69, 9.17) is 5.21 Å². The van der Waals surface area contributed by atoms with Gasteiger partial charge in [0.05, 0.1) is 0 Å². The number of rotatable bonds is 3. The first-order valence-corrected chi connectivity index (χ1v) is 4.51. The molecule has 1 N–H and O–H groups in total. The smallest absolute Gasteiger partial charge is 0.249 e. The fourth-order valence-corrected chi connectivity index (χ4v) is 1.21. The van der Waals surface area contributed by atoms with E-state index in [1.165, 1.54) is 0 Å². The minimum atomic E-state index is -0.545. The van der Waals surface area contributed by atoms with Crippen molar-refractivity contribution in [3.63, 3.8) is 0 Å². The number of nitro groups is 1. The summed E-state index contributed by atoms with van der Waals surface area (Å²) in [5.74, 6) is 0. The summed E-state index contributed by atoms with van der Waals surface area (Å²) in [6.07, 6.45) is 0. The third-order valence-corrected chi connectivity index (χ3v) is 2.11. The molecule has 0 fully saturated rings. The van der Waals surface area contributed by atoms with E-state index in [9.17, 15) is 10.1 Å². The lowest BCUT2D eigenvalue weighted by atomic mass is 10.1. The molecule has 5 nitrogen and oxygen atoms in total. The van der Waals surface area contributed by atoms with Gasteiger partial charge in [0.1, 0.15) is 0 Å². The molecule has 0 bridgehead atoms. The van der Waals surface area contributed by atoms with Crippen LogP contribution >= 0.6 is 15.9 Å². The molecule has 0 radical (unpaired) electrons. The second-order valence-electron chi connectivity index (χ2n) is 2.54. The van der Waals surface area contributed by atoms with Crippen molar-refractivity contribution in [2.24, 2.45) is 5.16 Å². The zero-order valence-corrected chi connectivity index (χ0v) is 8.64. The molecule has 1 aromatic carbocycles. The quantitative estimate of drug-likeness (QED) is 0.390. The molecule has 0 amide bonds. The van der Waals surface area contributed by atoms with Gasteiger partial charge in [0.2, 0.25) is 6.54 Å². The molecule has 1 aromatic rings. The molecule has 0 saturated heterocycles. The molecule has 0 spiro atoms. The van der Waals surface area contributed by atoms with Crippen LogP contribution in [0.4, 0.5) is 0 Å². The fourth-order valence-electron chi connectivity index (χ4n) is 0.945. The van der Waals surface area contributed by atoms with Gasteiger partial charge in [0, 0.05) is 15.0 Å². The molecule has 0 aliphatic heterocycles. The van der Waals surface area contributed by atoms with Crippen molar-refractivity contribution in [3.8, 4) is 0 Å². The van der Waals surface area contributed by atoms with Gasteiger partial charge in [-0.2, -0.15) is 0 Å². The Bertz CT molecular complexity index is 361. The van der Waals surface area contributed by atoms with Crippen LogP contribution in [-0.4, -0.2) is 22.4 Å². The average molecular weight is 259 g/mol. The Hall–Kier alpha value is -1.43. The summed E-state index contributed by atoms with van der Waals surface area (Å²) in [6, 6.07) is 6.73. The molecule has 14 heavy (non-hydrogen) atoms. The van der Waals surface area contributed by atoms with E-state index in [-0.39, 0.29) is 5.71 Å². The molecular weight excluding hydrogens is 252 g/mol. The molecule has 0 aliphatic rings. The van der Waals surface area contributed by atoms with Gasteiger partial charge in [0.25, 0.3) is 0 Å². The van der Waals surface area contributed by atoms with Gasteiger partial charge in [-0.25, -0.2) is 0 Å². The summed E-state index contributed by atoms with van der Waals surface area (Å²) in [4.78, 5) is 9.67. The van der Waals surface area contributed by atoms with Crippen LogP contribution < -0.4 is 0 Å². The van der Waals surface area contributed by atoms with Crippen molar-refractivity contribution in [2.75, 3.05) is 6.54 Å². The second-order valence-corrected chi connectivity index (χ2v) is 3.46. The van der Waals surface area contributed by atoms with Crippen molar-refractivity contribution in [1.82, 2.24) is 0 Å². The first kappa shape index (κ1) is 10.6. The topological polar surface area (TPSA) is 75.7 Å². The van der Waals surface area contributed by atoms with Gasteiger partial charge in [-0.15, -0.1) is 0 Å². The van der Waals surface area contributed by atoms with Crippen molar-refractivity contribution < 1.29 is 10.1 Å². The summed E-state index contributed by atoms with van der Waals surface area (Å²) < 4.78 is 0.861. The molecule has 0 saturated carbocycles. The molecule has 74 valence electrons. The maximum absolute atomic E-state index is 10.2. The van der Waals surface area contributed by atoms with E-state index >= 15 is 0 Å². The summed E-state index contributed by atoms with van der Waals surface area (Å²) in [5, 5.41) is 21.7. The fraction of sp³-hybridized carbons (Fsp3) is 0.125. The molecule has 0 atom stereocenters. The lowest BCUT2D eigenvalue weighted by molar-refractivity contribution is -0.463. The van der Waals surface area contributed by atoms with Crippen LogP contribution in [0.1, 0.15) is 5.56 Å². The van der Waals surface area contributed by atoms with E-state index < -0.39 is 11.5 Å². The lowest BCUT2D eigenvalue weighted by Crippen LogP contribution is -2.14. The molecule has 0 unspecified atom stereocenters. The van der Waals surface area contributed by atoms with Crippen LogP contribution in [0.25, 0.3) is 0 Å². The van der Waals surface area contributed by atoms with Crippen molar-refractivity contribution in [1.29, 1.82) is 0 Å². The number of oxime groups is 1. The largest absolute Gasteiger partial charge is 0.410 e. The highest BCUT2D eigenvalue weighted by molar-refractivity contribution is 9.10. The standard InChI is InChI=1S/C8H7BrN2O3/c9-7-3-1-6(2-4-7)8(10-12)5-11(13)14/h1-4,12H,5H2/b10-8-. The Kier molecular flexibility index (Phi) is 3.58. The van der Waals surface area contributed by atoms with E-state index in [0.717, 1.165) is 4.47 Å². The number of hydrogen-bond acceptors (Lipinski definition) is 4. The first-order chi connectivity index (χ1) is 6.63. The predicted octanol–water partition coefficient (Wildman–Crippen LogP) is 1.90. The van der Waals surface area contributed by atoms with Gasteiger partial charge in [-0.1, -0.05) is 33.2 Å². The first-order valence-electron chi connectivity index (χ1n) is 3.72. The SMILES string of the molecule is O=[N+]([O-])C/C(=N/O)c1ccc(Br)cc1. The minimum absolute atomic E-state index is 0.0440. The summed E-state index contributed by atoms with van der Waals surface area (Å²) >= 11 is 3.23. The summed E-state index contributed by atoms with van der Waals surface area (Å²) in [5.41, 5.74) is 0.579. The Morgan fingerprint density at radius 1 is 1.50 bits per heavy atom. The van der Waals surface area contributed by atoms with Gasteiger partial charge in [-0.05, 0) is 12.1 Å². The van der Waals surface area contributed by atoms with Crippen LogP contribution in [0.15, 0.2) is 33.9 Å². The summed E-state index contributed by atoms with van der Waals surface area (Å²) in [7, 11) is 0. The van der Waals surface area contributed by atoms with Crippen molar-refractivity contribution in [2.45, 2.75) is 0 Å². The highest BCUT2D eigenvalue weighted by atomic mass is 79.9. The summed E-state index contributed by atoms with van der Waals surface area (Å²) in [6.45, 7) is -0.488. The van der Waals surface area contributed by atoms with E-state index in [0.29, 0.717) is 5.56 Å². The number of nitrogens with zero attached hydrogens (tertiary/aromatic N) is 2. The van der Waals surface area contributed by atoms with Crippen molar-refractivity contribution >= 4 is 21.6 Å². The number of hydrogen-bond donors (Lipinski definition) is 1. The van der Waals surface area contributed by atoms with Gasteiger partial charge in [-0.3, -0.25) is 10.1 Å². The molecule has 0 heterocycles. The van der Waals surface area contributed by atoms with Gasteiger partial charge < -0.3 is 5.21 Å². The number of halogens is 1. The zero-order chi connectivity index (χ0) is 10.6. The Balaban J connectivity index is 2.91. The van der Waals surface area contributed by atoms with Crippen LogP contribution in [0.5, 0.6) is 0 Å². The van der Waals surface area contributed by atoms with E-state index in [1.807, 2.05) is 0 Å². The van der Waals surface area contributed by atoms with Crippen LogP contribution in [-0.2, 0) is 0 Å². The Morgan fingerprint density at radius 2 is 2.07 bits per heavy atom. The minimum Gasteiger partial charge on any atom is -0.410 e. The van der Waals surface area contributed by atoms with Crippen LogP contribution in [0, 0.1) is 10.1 Å². The second kappa shape index (κ2) is 4.71. The Morgan fingerprint density at radius 3 is 2.50 bits per heavy atom. The molecule has 0 aromatic heterocycles. The van der Waals surface area contributed by atoms with Gasteiger partial charge in [0.15, 0.2) is 5.71 Å². The lowest BCUT2D eigenvalue weighted by Gasteiger charge is -1.99. The maximum atomic E-state index is 10.2. The van der Waals surface area contributed by atoms with E-state index in [2.05, 4.69) is 21.1 Å². The third-order valence-electron chi connectivity index (χ3n) is 1.58. The third kappa shape index (κ3) is 2.81. The van der Waals surface area contributed by atoms with Crippen LogP contribution in [0.2, 0.25) is 0 Å². The number of benzene rings is 1. The van der Waals surface area contributed by atoms with E-state index in [1.54, 1.807) is 24.3 Å². The molecule has 0 aliphatic carbocycles. The van der Waals surface area contributed by atoms with Crippen molar-refractivity contribution in [3.05, 3.63) is 44.4 Å². The highest BCUT2D eigenvalue weighted by Crippen LogP contribution is 2.11. The Labute approximate surface area is 88.3 Å². The zero-order valence-electron chi connectivity index (χ0n) is 7.05. The highest BCUT2D eigenvalue weighted by Gasteiger charge is 2.10. The maximum Gasteiger partial charge on any atom is 0.249 e. The van der Waals surface area contributed by atoms with Crippen LogP contribution in [0.3, 0.4) is 0 Å². The monoisotopic (exact) mass is 258 g/mol. The normalized spacial score (nSPS) is 11.4. The molecule has 1 rings (SSSR count). The molecule has 6 heteroatoms. The average Bonchev–Trinajstić information content (AvgIpc) is 2.15. The molecular formula is C8H7BrN2O3.